The van der Waals surface area contributed by atoms with Crippen molar-refractivity contribution in [1.82, 2.24) is 14.8 Å². The van der Waals surface area contributed by atoms with Crippen LogP contribution in [-0.2, 0) is 14.3 Å². The van der Waals surface area contributed by atoms with Gasteiger partial charge in [-0.1, -0.05) is 6.07 Å². The molecule has 2 aromatic heterocycles. The van der Waals surface area contributed by atoms with Crippen LogP contribution in [0.15, 0.2) is 23.1 Å². The molecular weight excluding hydrogens is 406 g/mol. The number of aromatic nitrogens is 1. The van der Waals surface area contributed by atoms with Gasteiger partial charge in [-0.3, -0.25) is 9.59 Å². The summed E-state index contributed by atoms with van der Waals surface area (Å²) in [5.41, 5.74) is 1.53. The van der Waals surface area contributed by atoms with Crippen LogP contribution >= 0.6 is 11.3 Å². The van der Waals surface area contributed by atoms with Crippen molar-refractivity contribution in [3.63, 3.8) is 0 Å². The Hall–Kier alpha value is -2.91. The minimum absolute atomic E-state index is 0.0304. The van der Waals surface area contributed by atoms with Gasteiger partial charge in [0.2, 0.25) is 0 Å². The van der Waals surface area contributed by atoms with Gasteiger partial charge in [0.15, 0.2) is 0 Å². The lowest BCUT2D eigenvalue weighted by atomic mass is 9.97. The maximum atomic E-state index is 13.0. The molecule has 1 saturated heterocycles. The SMILES string of the molecule is COC(=O)c1[nH]c(C)c(/C(O)=C2\C(=O)C(=O)N(CCN(C)C)[C@@H]2c2cccs2)c1C. The molecule has 2 N–H and O–H groups in total. The minimum atomic E-state index is -0.732. The Bertz CT molecular complexity index is 1020. The number of Topliss-reactive ketones (excluding diaryl/α,β-unsaturated/α-hetero) is 1. The summed E-state index contributed by atoms with van der Waals surface area (Å²) in [4.78, 5) is 45.0. The van der Waals surface area contributed by atoms with Crippen LogP contribution in [0.3, 0.4) is 0 Å². The van der Waals surface area contributed by atoms with Gasteiger partial charge in [-0.25, -0.2) is 4.79 Å². The van der Waals surface area contributed by atoms with Crippen molar-refractivity contribution in [2.45, 2.75) is 19.9 Å². The number of nitrogens with one attached hydrogen (secondary N) is 1. The lowest BCUT2D eigenvalue weighted by molar-refractivity contribution is -0.140. The maximum absolute atomic E-state index is 13.0. The van der Waals surface area contributed by atoms with Crippen LogP contribution in [0.4, 0.5) is 0 Å². The average molecular weight is 432 g/mol. The standard InChI is InChI=1S/C21H25N3O5S/c1-11-14(12(2)22-16(11)21(28)29-5)18(25)15-17(13-7-6-10-30-13)24(9-8-23(3)4)20(27)19(15)26/h6-7,10,17,22,25H,8-9H2,1-5H3/b18-15+/t17-/m1/s1. The van der Waals surface area contributed by atoms with Crippen LogP contribution in [0.25, 0.3) is 5.76 Å². The Kier molecular flexibility index (Phi) is 6.14. The first-order valence-electron chi connectivity index (χ1n) is 9.43. The number of nitrogens with zero attached hydrogens (tertiary/aromatic N) is 2. The molecule has 0 unspecified atom stereocenters. The number of aliphatic hydroxyl groups is 1. The van der Waals surface area contributed by atoms with Crippen molar-refractivity contribution >= 4 is 34.8 Å². The number of hydrogen-bond acceptors (Lipinski definition) is 7. The molecule has 0 bridgehead atoms. The normalized spacial score (nSPS) is 18.5. The third kappa shape index (κ3) is 3.66. The number of hydrogen-bond donors (Lipinski definition) is 2. The lowest BCUT2D eigenvalue weighted by Gasteiger charge is -2.25. The molecule has 3 heterocycles. The van der Waals surface area contributed by atoms with Gasteiger partial charge in [-0.05, 0) is 45.0 Å². The van der Waals surface area contributed by atoms with E-state index in [1.165, 1.54) is 23.3 Å². The van der Waals surface area contributed by atoms with Crippen LogP contribution in [0.5, 0.6) is 0 Å². The summed E-state index contributed by atoms with van der Waals surface area (Å²) < 4.78 is 4.78. The number of likely N-dealkylation sites (tertiary alicyclic amines) is 1. The first-order valence-corrected chi connectivity index (χ1v) is 10.3. The molecule has 9 heteroatoms. The summed E-state index contributed by atoms with van der Waals surface area (Å²) in [5, 5.41) is 13.1. The number of carbonyl (C=O) groups is 3. The Balaban J connectivity index is 2.18. The van der Waals surface area contributed by atoms with Crippen molar-refractivity contribution < 1.29 is 24.2 Å². The van der Waals surface area contributed by atoms with Crippen LogP contribution in [0, 0.1) is 13.8 Å². The number of thiophene rings is 1. The quantitative estimate of drug-likeness (QED) is 0.315. The van der Waals surface area contributed by atoms with Crippen LogP contribution in [0.1, 0.15) is 38.2 Å². The molecule has 1 atom stereocenters. The summed E-state index contributed by atoms with van der Waals surface area (Å²) in [5.74, 6) is -2.24. The predicted molar refractivity (Wildman–Crippen MR) is 113 cm³/mol. The molecule has 30 heavy (non-hydrogen) atoms. The minimum Gasteiger partial charge on any atom is -0.507 e. The number of aromatic amines is 1. The zero-order valence-corrected chi connectivity index (χ0v) is 18.4. The summed E-state index contributed by atoms with van der Waals surface area (Å²) in [6, 6.07) is 3.00. The second-order valence-electron chi connectivity index (χ2n) is 7.43. The zero-order valence-electron chi connectivity index (χ0n) is 17.6. The average Bonchev–Trinajstić information content (AvgIpc) is 3.38. The zero-order chi connectivity index (χ0) is 22.2. The molecule has 160 valence electrons. The molecule has 0 spiro atoms. The highest BCUT2D eigenvalue weighted by Crippen LogP contribution is 2.42. The van der Waals surface area contributed by atoms with Gasteiger partial charge in [-0.2, -0.15) is 0 Å². The molecule has 0 aliphatic carbocycles. The van der Waals surface area contributed by atoms with E-state index < -0.39 is 23.7 Å². The first-order chi connectivity index (χ1) is 14.2. The van der Waals surface area contributed by atoms with E-state index in [1.807, 2.05) is 36.5 Å². The van der Waals surface area contributed by atoms with E-state index >= 15 is 0 Å². The van der Waals surface area contributed by atoms with E-state index in [2.05, 4.69) is 4.98 Å². The fourth-order valence-corrected chi connectivity index (χ4v) is 4.55. The predicted octanol–water partition coefficient (Wildman–Crippen LogP) is 2.46. The number of rotatable bonds is 6. The van der Waals surface area contributed by atoms with Gasteiger partial charge >= 0.3 is 5.97 Å². The van der Waals surface area contributed by atoms with Gasteiger partial charge in [-0.15, -0.1) is 11.3 Å². The number of carbonyl (C=O) groups excluding carboxylic acids is 3. The lowest BCUT2D eigenvalue weighted by Crippen LogP contribution is -2.35. The van der Waals surface area contributed by atoms with Crippen molar-refractivity contribution in [3.8, 4) is 0 Å². The molecule has 1 aliphatic heterocycles. The van der Waals surface area contributed by atoms with Crippen molar-refractivity contribution in [2.75, 3.05) is 34.3 Å². The van der Waals surface area contributed by atoms with Gasteiger partial charge < -0.3 is 24.6 Å². The molecular formula is C21H25N3O5S. The topological polar surface area (TPSA) is 103 Å². The highest BCUT2D eigenvalue weighted by molar-refractivity contribution is 7.10. The highest BCUT2D eigenvalue weighted by atomic mass is 32.1. The Morgan fingerprint density at radius 3 is 2.60 bits per heavy atom. The van der Waals surface area contributed by atoms with E-state index in [4.69, 9.17) is 4.74 Å². The molecule has 3 rings (SSSR count). The second-order valence-corrected chi connectivity index (χ2v) is 8.41. The third-order valence-corrected chi connectivity index (χ3v) is 6.13. The smallest absolute Gasteiger partial charge is 0.354 e. The van der Waals surface area contributed by atoms with Gasteiger partial charge in [0, 0.05) is 29.2 Å². The second kappa shape index (κ2) is 8.45. The summed E-state index contributed by atoms with van der Waals surface area (Å²) in [6.07, 6.45) is 0. The molecule has 1 aliphatic rings. The van der Waals surface area contributed by atoms with Gasteiger partial charge in [0.05, 0.1) is 18.7 Å². The van der Waals surface area contributed by atoms with E-state index in [0.717, 1.165) is 4.88 Å². The Morgan fingerprint density at radius 1 is 1.33 bits per heavy atom. The molecule has 8 nitrogen and oxygen atoms in total. The number of ether oxygens (including phenoxy) is 1. The number of aryl methyl sites for hydroxylation is 1. The monoisotopic (exact) mass is 431 g/mol. The number of likely N-dealkylation sites (N-methyl/N-ethyl adjacent to an activating group) is 1. The van der Waals surface area contributed by atoms with E-state index in [1.54, 1.807) is 13.8 Å². The number of aliphatic hydroxyl groups excluding tert-OH is 1. The number of ketones is 1. The molecule has 0 saturated carbocycles. The largest absolute Gasteiger partial charge is 0.507 e. The van der Waals surface area contributed by atoms with Crippen molar-refractivity contribution in [2.24, 2.45) is 0 Å². The van der Waals surface area contributed by atoms with E-state index in [9.17, 15) is 19.5 Å². The number of amides is 1. The first kappa shape index (κ1) is 21.8. The van der Waals surface area contributed by atoms with Crippen molar-refractivity contribution in [1.29, 1.82) is 0 Å². The molecule has 0 radical (unpaired) electrons. The number of methoxy groups -OCH3 is 1. The Labute approximate surface area is 178 Å². The van der Waals surface area contributed by atoms with Crippen LogP contribution in [-0.4, -0.2) is 71.8 Å². The number of H-pyrrole nitrogens is 1. The Morgan fingerprint density at radius 2 is 2.03 bits per heavy atom. The van der Waals surface area contributed by atoms with Crippen LogP contribution in [0.2, 0.25) is 0 Å². The van der Waals surface area contributed by atoms with Gasteiger partial charge in [0.25, 0.3) is 11.7 Å². The van der Waals surface area contributed by atoms with E-state index in [0.29, 0.717) is 29.9 Å². The summed E-state index contributed by atoms with van der Waals surface area (Å²) in [7, 11) is 5.04. The summed E-state index contributed by atoms with van der Waals surface area (Å²) in [6.45, 7) is 4.27. The molecule has 1 amide bonds. The number of esters is 1. The van der Waals surface area contributed by atoms with E-state index in [-0.39, 0.29) is 17.0 Å². The van der Waals surface area contributed by atoms with Crippen molar-refractivity contribution in [3.05, 3.63) is 50.5 Å². The fourth-order valence-electron chi connectivity index (χ4n) is 3.71. The maximum Gasteiger partial charge on any atom is 0.354 e. The molecule has 2 aromatic rings. The molecule has 1 fully saturated rings. The summed E-state index contributed by atoms with van der Waals surface area (Å²) >= 11 is 1.41. The molecule has 0 aromatic carbocycles. The van der Waals surface area contributed by atoms with Crippen LogP contribution < -0.4 is 0 Å². The third-order valence-electron chi connectivity index (χ3n) is 5.20. The van der Waals surface area contributed by atoms with Gasteiger partial charge in [0.1, 0.15) is 11.5 Å². The fraction of sp³-hybridized carbons (Fsp3) is 0.381. The highest BCUT2D eigenvalue weighted by Gasteiger charge is 2.46.